The summed E-state index contributed by atoms with van der Waals surface area (Å²) >= 11 is 0. The van der Waals surface area contributed by atoms with Gasteiger partial charge in [-0.3, -0.25) is 24.2 Å². The van der Waals surface area contributed by atoms with Crippen LogP contribution in [0.5, 0.6) is 0 Å². The van der Waals surface area contributed by atoms with E-state index >= 15 is 0 Å². The SMILES string of the molecule is CN1C(=O)C[C@H](C(=O)NCCOCCOCCOCCOCCOCCOCCOCCOCCOCCOCCOCCOCCC(=O)N2CCN(c3cccc([C@H](CC(=O)O)CN4CC[C@@H](CCc5ccc6c(n5)NCCC6)C4)c3)CC2)[C@H]1c1cccnc1. The lowest BCUT2D eigenvalue weighted by Crippen LogP contribution is -2.49. The van der Waals surface area contributed by atoms with E-state index in [1.807, 2.05) is 17.0 Å². The van der Waals surface area contributed by atoms with E-state index < -0.39 is 11.9 Å². The Morgan fingerprint density at radius 1 is 0.670 bits per heavy atom. The normalized spacial score (nSPS) is 18.0. The predicted octanol–water partition coefficient (Wildman–Crippen LogP) is 3.92. The minimum atomic E-state index is -0.782. The zero-order valence-corrected chi connectivity index (χ0v) is 53.7. The molecule has 3 amide bonds. The van der Waals surface area contributed by atoms with Gasteiger partial charge < -0.3 is 92.2 Å². The Kier molecular flexibility index (Phi) is 35.4. The van der Waals surface area contributed by atoms with Crippen LogP contribution in [0.3, 0.4) is 0 Å². The molecule has 0 saturated carbocycles. The molecular formula is C66H102N8O17. The third kappa shape index (κ3) is 28.3. The van der Waals surface area contributed by atoms with Crippen LogP contribution in [0.2, 0.25) is 0 Å². The van der Waals surface area contributed by atoms with Crippen LogP contribution in [-0.2, 0) is 88.9 Å². The number of nitrogens with one attached hydrogen (secondary N) is 2. The van der Waals surface area contributed by atoms with E-state index in [-0.39, 0.29) is 42.5 Å². The van der Waals surface area contributed by atoms with E-state index in [0.717, 1.165) is 86.6 Å². The van der Waals surface area contributed by atoms with Crippen molar-refractivity contribution >= 4 is 35.2 Å². The first-order valence-electron chi connectivity index (χ1n) is 32.9. The van der Waals surface area contributed by atoms with E-state index in [4.69, 9.17) is 61.8 Å². The molecule has 3 saturated heterocycles. The van der Waals surface area contributed by atoms with Crippen molar-refractivity contribution in [2.45, 2.75) is 63.3 Å². The molecule has 508 valence electrons. The van der Waals surface area contributed by atoms with Gasteiger partial charge in [-0.15, -0.1) is 0 Å². The van der Waals surface area contributed by atoms with Crippen molar-refractivity contribution in [1.29, 1.82) is 0 Å². The molecule has 3 N–H and O–H groups in total. The van der Waals surface area contributed by atoms with Gasteiger partial charge in [-0.1, -0.05) is 24.3 Å². The minimum Gasteiger partial charge on any atom is -0.481 e. The highest BCUT2D eigenvalue weighted by Crippen LogP contribution is 2.37. The number of hydrogen-bond acceptors (Lipinski definition) is 21. The first-order valence-corrected chi connectivity index (χ1v) is 32.9. The Morgan fingerprint density at radius 2 is 1.23 bits per heavy atom. The molecule has 3 aromatic rings. The van der Waals surface area contributed by atoms with Crippen LogP contribution in [0.4, 0.5) is 11.5 Å². The average Bonchev–Trinajstić information content (AvgIpc) is 1.91. The summed E-state index contributed by atoms with van der Waals surface area (Å²) in [7, 11) is 1.72. The Labute approximate surface area is 537 Å². The average molecular weight is 1280 g/mol. The second-order valence-electron chi connectivity index (χ2n) is 23.0. The van der Waals surface area contributed by atoms with Crippen molar-refractivity contribution in [3.8, 4) is 0 Å². The Morgan fingerprint density at radius 3 is 1.78 bits per heavy atom. The number of rotatable bonds is 50. The van der Waals surface area contributed by atoms with Crippen LogP contribution < -0.4 is 15.5 Å². The van der Waals surface area contributed by atoms with Gasteiger partial charge >= 0.3 is 5.97 Å². The summed E-state index contributed by atoms with van der Waals surface area (Å²) in [5, 5.41) is 16.2. The minimum absolute atomic E-state index is 0.0630. The maximum absolute atomic E-state index is 13.0. The van der Waals surface area contributed by atoms with Crippen molar-refractivity contribution in [3.63, 3.8) is 0 Å². The number of anilines is 2. The highest BCUT2D eigenvalue weighted by Gasteiger charge is 2.42. The third-order valence-corrected chi connectivity index (χ3v) is 16.4. The van der Waals surface area contributed by atoms with Gasteiger partial charge in [0, 0.05) is 95.5 Å². The number of carbonyl (C=O) groups is 4. The summed E-state index contributed by atoms with van der Waals surface area (Å²) in [5.41, 5.74) is 5.42. The predicted molar refractivity (Wildman–Crippen MR) is 339 cm³/mol. The monoisotopic (exact) mass is 1280 g/mol. The first kappa shape index (κ1) is 72.9. The number of pyridine rings is 2. The quantitative estimate of drug-likeness (QED) is 0.0677. The molecule has 4 aliphatic heterocycles. The summed E-state index contributed by atoms with van der Waals surface area (Å²) in [4.78, 5) is 67.6. The number of aliphatic carboxylic acids is 1. The number of nitrogens with zero attached hydrogens (tertiary/aromatic N) is 6. The van der Waals surface area contributed by atoms with E-state index in [2.05, 4.69) is 55.7 Å². The van der Waals surface area contributed by atoms with Gasteiger partial charge in [0.25, 0.3) is 0 Å². The zero-order valence-electron chi connectivity index (χ0n) is 53.7. The van der Waals surface area contributed by atoms with Crippen molar-refractivity contribution < 1.29 is 81.1 Å². The molecule has 4 aliphatic rings. The van der Waals surface area contributed by atoms with Crippen molar-refractivity contribution in [2.24, 2.45) is 11.8 Å². The fraction of sp³-hybridized carbons (Fsp3) is 0.697. The fourth-order valence-corrected chi connectivity index (χ4v) is 11.5. The number of carbonyl (C=O) groups excluding carboxylic acids is 3. The molecule has 2 aromatic heterocycles. The lowest BCUT2D eigenvalue weighted by Gasteiger charge is -2.36. The molecule has 3 fully saturated rings. The Bertz CT molecular complexity index is 2500. The molecule has 0 spiro atoms. The standard InChI is InChI=1S/C66H102N8O17/c1-71-62(76)49-60(64(71)56-7-3-15-67-50-56)66(79)69-17-24-81-26-28-83-30-32-85-34-36-87-38-40-89-42-44-91-46-45-90-43-41-88-39-37-86-35-33-84-31-29-82-27-25-80-23-14-61(75)74-21-19-73(20-22-74)59-8-2-5-55(47-59)57(48-63(77)78)52-72-18-13-53(51-72)9-11-58-12-10-54-6-4-16-68-65(54)70-58/h2-3,5,7-8,10,12,15,47,50,53,57,60,64H,4,6,9,11,13-14,16-46,48-49,51-52H2,1H3,(H,68,70)(H,69,79)(H,77,78)/t53-,57-,60+,64-/m1/s1. The second kappa shape index (κ2) is 44.1. The zero-order chi connectivity index (χ0) is 63.8. The van der Waals surface area contributed by atoms with Crippen molar-refractivity contribution in [3.05, 3.63) is 83.3 Å². The highest BCUT2D eigenvalue weighted by atomic mass is 16.6. The van der Waals surface area contributed by atoms with Crippen LogP contribution in [0.15, 0.2) is 60.9 Å². The lowest BCUT2D eigenvalue weighted by atomic mass is 9.94. The van der Waals surface area contributed by atoms with Gasteiger partial charge in [-0.25, -0.2) is 4.98 Å². The molecule has 0 aliphatic carbocycles. The van der Waals surface area contributed by atoms with Crippen LogP contribution >= 0.6 is 0 Å². The molecule has 0 unspecified atom stereocenters. The number of amides is 3. The molecule has 4 atom stereocenters. The number of ether oxygens (including phenoxy) is 12. The molecule has 25 heteroatoms. The van der Waals surface area contributed by atoms with Crippen LogP contribution in [-0.4, -0.2) is 278 Å². The Hall–Kier alpha value is -5.52. The molecule has 25 nitrogen and oxygen atoms in total. The van der Waals surface area contributed by atoms with E-state index in [1.54, 1.807) is 30.4 Å². The molecule has 1 aromatic carbocycles. The van der Waals surface area contributed by atoms with Gasteiger partial charge in [0.2, 0.25) is 17.7 Å². The summed E-state index contributed by atoms with van der Waals surface area (Å²) in [6.45, 7) is 17.2. The number of fused-ring (bicyclic) bond motifs is 1. The number of hydrogen-bond donors (Lipinski definition) is 3. The van der Waals surface area contributed by atoms with Gasteiger partial charge in [0.15, 0.2) is 0 Å². The second-order valence-corrected chi connectivity index (χ2v) is 23.0. The molecular weight excluding hydrogens is 1180 g/mol. The third-order valence-electron chi connectivity index (χ3n) is 16.4. The first-order chi connectivity index (χ1) is 44.7. The number of likely N-dealkylation sites (tertiary alicyclic amines) is 2. The van der Waals surface area contributed by atoms with E-state index in [0.29, 0.717) is 204 Å². The smallest absolute Gasteiger partial charge is 0.304 e. The summed E-state index contributed by atoms with van der Waals surface area (Å²) in [6, 6.07) is 16.1. The van der Waals surface area contributed by atoms with Crippen LogP contribution in [0.1, 0.15) is 72.9 Å². The van der Waals surface area contributed by atoms with Crippen LogP contribution in [0.25, 0.3) is 0 Å². The van der Waals surface area contributed by atoms with Crippen molar-refractivity contribution in [1.82, 2.24) is 30.0 Å². The van der Waals surface area contributed by atoms with E-state index in [1.165, 1.54) is 5.56 Å². The van der Waals surface area contributed by atoms with Gasteiger partial charge in [-0.05, 0) is 85.5 Å². The Balaban J connectivity index is 0.555. The molecule has 91 heavy (non-hydrogen) atoms. The van der Waals surface area contributed by atoms with Crippen LogP contribution in [0, 0.1) is 11.8 Å². The number of carboxylic acids is 1. The van der Waals surface area contributed by atoms with Crippen molar-refractivity contribution in [2.75, 3.05) is 235 Å². The summed E-state index contributed by atoms with van der Waals surface area (Å²) in [5.74, 6) is 0.109. The fourth-order valence-electron chi connectivity index (χ4n) is 11.5. The van der Waals surface area contributed by atoms with E-state index in [9.17, 15) is 24.3 Å². The number of aromatic nitrogens is 2. The highest BCUT2D eigenvalue weighted by molar-refractivity contribution is 5.90. The summed E-state index contributed by atoms with van der Waals surface area (Å²) < 4.78 is 66.8. The largest absolute Gasteiger partial charge is 0.481 e. The lowest BCUT2D eigenvalue weighted by molar-refractivity contribution is -0.137. The molecule has 7 rings (SSSR count). The topological polar surface area (TPSA) is 262 Å². The molecule has 0 radical (unpaired) electrons. The molecule has 0 bridgehead atoms. The van der Waals surface area contributed by atoms with Gasteiger partial charge in [-0.2, -0.15) is 0 Å². The van der Waals surface area contributed by atoms with Gasteiger partial charge in [0.1, 0.15) is 5.82 Å². The number of carboxylic acid groups (broad SMARTS) is 1. The number of piperazine rings is 1. The maximum atomic E-state index is 13.0. The summed E-state index contributed by atoms with van der Waals surface area (Å²) in [6.07, 6.45) is 9.35. The van der Waals surface area contributed by atoms with Gasteiger partial charge in [0.05, 0.1) is 183 Å². The number of aryl methyl sites for hydroxylation is 2. The molecule has 6 heterocycles. The maximum Gasteiger partial charge on any atom is 0.304 e. The number of benzene rings is 1.